The van der Waals surface area contributed by atoms with E-state index >= 15 is 0 Å². The summed E-state index contributed by atoms with van der Waals surface area (Å²) in [7, 11) is 0. The predicted octanol–water partition coefficient (Wildman–Crippen LogP) is 2.07. The lowest BCUT2D eigenvalue weighted by Gasteiger charge is -1.93. The van der Waals surface area contributed by atoms with Gasteiger partial charge in [-0.3, -0.25) is 0 Å². The lowest BCUT2D eigenvalue weighted by Crippen LogP contribution is -2.10. The standard InChI is InChI=1S/C11H14N2/c12-9-11(13)8-4-7-10-5-2-1-3-6-10/h1-7,13H,8-9,12H2. The molecule has 0 aliphatic carbocycles. The summed E-state index contributed by atoms with van der Waals surface area (Å²) in [5.41, 5.74) is 7.01. The first-order valence-electron chi connectivity index (χ1n) is 4.31. The van der Waals surface area contributed by atoms with E-state index in [2.05, 4.69) is 0 Å². The summed E-state index contributed by atoms with van der Waals surface area (Å²) in [5, 5.41) is 7.33. The minimum Gasteiger partial charge on any atom is -0.326 e. The van der Waals surface area contributed by atoms with Crippen molar-refractivity contribution in [2.75, 3.05) is 6.54 Å². The molecule has 68 valence electrons. The molecule has 0 aromatic heterocycles. The molecular weight excluding hydrogens is 160 g/mol. The van der Waals surface area contributed by atoms with Crippen LogP contribution in [-0.4, -0.2) is 12.3 Å². The molecule has 0 fully saturated rings. The second-order valence-corrected chi connectivity index (χ2v) is 2.82. The molecule has 0 radical (unpaired) electrons. The maximum atomic E-state index is 7.33. The predicted molar refractivity (Wildman–Crippen MR) is 56.9 cm³/mol. The largest absolute Gasteiger partial charge is 0.326 e. The molecule has 0 unspecified atom stereocenters. The van der Waals surface area contributed by atoms with Crippen LogP contribution in [0.1, 0.15) is 12.0 Å². The number of allylic oxidation sites excluding steroid dienone is 1. The van der Waals surface area contributed by atoms with Gasteiger partial charge in [-0.1, -0.05) is 42.5 Å². The van der Waals surface area contributed by atoms with Gasteiger partial charge in [0.25, 0.3) is 0 Å². The van der Waals surface area contributed by atoms with E-state index < -0.39 is 0 Å². The summed E-state index contributed by atoms with van der Waals surface area (Å²) in [5.74, 6) is 0. The van der Waals surface area contributed by atoms with Crippen LogP contribution in [0.4, 0.5) is 0 Å². The lowest BCUT2D eigenvalue weighted by atomic mass is 10.2. The molecule has 0 bridgehead atoms. The zero-order chi connectivity index (χ0) is 9.52. The van der Waals surface area contributed by atoms with Gasteiger partial charge in [0.15, 0.2) is 0 Å². The highest BCUT2D eigenvalue weighted by Gasteiger charge is 1.87. The summed E-state index contributed by atoms with van der Waals surface area (Å²) in [6.07, 6.45) is 4.61. The van der Waals surface area contributed by atoms with Crippen LogP contribution in [-0.2, 0) is 0 Å². The van der Waals surface area contributed by atoms with E-state index in [-0.39, 0.29) is 0 Å². The minimum atomic E-state index is 0.346. The van der Waals surface area contributed by atoms with Gasteiger partial charge in [-0.15, -0.1) is 0 Å². The molecule has 3 N–H and O–H groups in total. The normalized spacial score (nSPS) is 10.5. The Morgan fingerprint density at radius 3 is 2.62 bits per heavy atom. The van der Waals surface area contributed by atoms with Crippen molar-refractivity contribution in [1.82, 2.24) is 0 Å². The van der Waals surface area contributed by atoms with Gasteiger partial charge in [0, 0.05) is 18.7 Å². The van der Waals surface area contributed by atoms with E-state index in [4.69, 9.17) is 11.1 Å². The van der Waals surface area contributed by atoms with E-state index in [1.54, 1.807) is 0 Å². The maximum absolute atomic E-state index is 7.33. The third-order valence-corrected chi connectivity index (χ3v) is 1.72. The molecular formula is C11H14N2. The first kappa shape index (κ1) is 9.68. The smallest absolute Gasteiger partial charge is 0.0310 e. The zero-order valence-corrected chi connectivity index (χ0v) is 7.53. The molecule has 0 saturated heterocycles. The highest BCUT2D eigenvalue weighted by Crippen LogP contribution is 2.01. The molecule has 1 rings (SSSR count). The van der Waals surface area contributed by atoms with Crippen LogP contribution in [0.15, 0.2) is 36.4 Å². The van der Waals surface area contributed by atoms with Gasteiger partial charge >= 0.3 is 0 Å². The number of benzene rings is 1. The number of hydrogen-bond acceptors (Lipinski definition) is 2. The van der Waals surface area contributed by atoms with Crippen LogP contribution >= 0.6 is 0 Å². The second-order valence-electron chi connectivity index (χ2n) is 2.82. The van der Waals surface area contributed by atoms with Gasteiger partial charge in [0.1, 0.15) is 0 Å². The third-order valence-electron chi connectivity index (χ3n) is 1.72. The fourth-order valence-electron chi connectivity index (χ4n) is 0.985. The van der Waals surface area contributed by atoms with E-state index in [0.29, 0.717) is 18.7 Å². The molecule has 0 amide bonds. The average Bonchev–Trinajstić information content (AvgIpc) is 2.19. The summed E-state index contributed by atoms with van der Waals surface area (Å²) in [4.78, 5) is 0. The molecule has 2 heteroatoms. The highest BCUT2D eigenvalue weighted by atomic mass is 14.6. The summed E-state index contributed by atoms with van der Waals surface area (Å²) < 4.78 is 0. The molecule has 0 heterocycles. The zero-order valence-electron chi connectivity index (χ0n) is 7.53. The minimum absolute atomic E-state index is 0.346. The van der Waals surface area contributed by atoms with Crippen molar-refractivity contribution in [2.45, 2.75) is 6.42 Å². The van der Waals surface area contributed by atoms with E-state index in [9.17, 15) is 0 Å². The third kappa shape index (κ3) is 3.67. The molecule has 1 aromatic rings. The monoisotopic (exact) mass is 174 g/mol. The fourth-order valence-corrected chi connectivity index (χ4v) is 0.985. The first-order valence-corrected chi connectivity index (χ1v) is 4.31. The van der Waals surface area contributed by atoms with Gasteiger partial charge in [-0.2, -0.15) is 0 Å². The van der Waals surface area contributed by atoms with E-state index in [1.807, 2.05) is 42.5 Å². The number of rotatable bonds is 4. The van der Waals surface area contributed by atoms with Crippen LogP contribution < -0.4 is 5.73 Å². The Hall–Kier alpha value is -1.41. The van der Waals surface area contributed by atoms with Crippen LogP contribution in [0.25, 0.3) is 6.08 Å². The van der Waals surface area contributed by atoms with E-state index in [0.717, 1.165) is 5.56 Å². The summed E-state index contributed by atoms with van der Waals surface area (Å²) in [6, 6.07) is 10.0. The molecule has 13 heavy (non-hydrogen) atoms. The Labute approximate surface area is 78.6 Å². The topological polar surface area (TPSA) is 49.9 Å². The Bertz CT molecular complexity index is 288. The van der Waals surface area contributed by atoms with Crippen molar-refractivity contribution in [3.05, 3.63) is 42.0 Å². The second kappa shape index (κ2) is 5.27. The van der Waals surface area contributed by atoms with Gasteiger partial charge < -0.3 is 11.1 Å². The molecule has 0 spiro atoms. The van der Waals surface area contributed by atoms with Crippen LogP contribution in [0.3, 0.4) is 0 Å². The Kier molecular flexibility index (Phi) is 3.93. The van der Waals surface area contributed by atoms with Gasteiger partial charge in [0.2, 0.25) is 0 Å². The molecule has 2 nitrogen and oxygen atoms in total. The Balaban J connectivity index is 2.45. The van der Waals surface area contributed by atoms with Gasteiger partial charge in [0.05, 0.1) is 0 Å². The van der Waals surface area contributed by atoms with Crippen molar-refractivity contribution in [3.8, 4) is 0 Å². The Morgan fingerprint density at radius 1 is 1.31 bits per heavy atom. The maximum Gasteiger partial charge on any atom is 0.0310 e. The molecule has 0 aliphatic rings. The number of nitrogens with two attached hydrogens (primary N) is 1. The summed E-state index contributed by atoms with van der Waals surface area (Å²) >= 11 is 0. The Morgan fingerprint density at radius 2 is 2.00 bits per heavy atom. The van der Waals surface area contributed by atoms with Crippen LogP contribution in [0.2, 0.25) is 0 Å². The van der Waals surface area contributed by atoms with Gasteiger partial charge in [-0.25, -0.2) is 0 Å². The SMILES string of the molecule is N=C(CN)CC=Cc1ccccc1. The van der Waals surface area contributed by atoms with Crippen LogP contribution in [0.5, 0.6) is 0 Å². The number of nitrogens with one attached hydrogen (secondary N) is 1. The van der Waals surface area contributed by atoms with Crippen molar-refractivity contribution in [1.29, 1.82) is 5.41 Å². The quantitative estimate of drug-likeness (QED) is 0.674. The molecule has 0 aliphatic heterocycles. The average molecular weight is 174 g/mol. The summed E-state index contributed by atoms with van der Waals surface area (Å²) in [6.45, 7) is 0.346. The van der Waals surface area contributed by atoms with Crippen molar-refractivity contribution in [3.63, 3.8) is 0 Å². The van der Waals surface area contributed by atoms with Crippen molar-refractivity contribution >= 4 is 11.8 Å². The van der Waals surface area contributed by atoms with Crippen molar-refractivity contribution in [2.24, 2.45) is 5.73 Å². The van der Waals surface area contributed by atoms with E-state index in [1.165, 1.54) is 0 Å². The number of hydrogen-bond donors (Lipinski definition) is 2. The molecule has 1 aromatic carbocycles. The van der Waals surface area contributed by atoms with Crippen LogP contribution in [0, 0.1) is 5.41 Å². The molecule has 0 saturated carbocycles. The lowest BCUT2D eigenvalue weighted by molar-refractivity contribution is 1.21. The highest BCUT2D eigenvalue weighted by molar-refractivity contribution is 5.85. The fraction of sp³-hybridized carbons (Fsp3) is 0.182. The van der Waals surface area contributed by atoms with Gasteiger partial charge in [-0.05, 0) is 5.56 Å². The first-order chi connectivity index (χ1) is 6.33. The van der Waals surface area contributed by atoms with Crippen molar-refractivity contribution < 1.29 is 0 Å². The molecule has 0 atom stereocenters.